The minimum absolute atomic E-state index is 0. The van der Waals surface area contributed by atoms with Crippen LogP contribution in [0.3, 0.4) is 0 Å². The van der Waals surface area contributed by atoms with Gasteiger partial charge in [0.05, 0.1) is 16.8 Å². The molecule has 3 heterocycles. The molecule has 0 fully saturated rings. The Bertz CT molecular complexity index is 752. The zero-order valence-corrected chi connectivity index (χ0v) is 13.9. The van der Waals surface area contributed by atoms with E-state index in [0.717, 1.165) is 28.2 Å². The lowest BCUT2D eigenvalue weighted by atomic mass is 9.86. The highest BCUT2D eigenvalue weighted by Gasteiger charge is 2.39. The number of hydrogen-bond acceptors (Lipinski definition) is 4. The summed E-state index contributed by atoms with van der Waals surface area (Å²) in [5.74, 6) is 0.0480. The van der Waals surface area contributed by atoms with Gasteiger partial charge in [0.1, 0.15) is 6.17 Å². The van der Waals surface area contributed by atoms with E-state index < -0.39 is 5.41 Å². The molecule has 9 heteroatoms. The van der Waals surface area contributed by atoms with E-state index in [4.69, 9.17) is 0 Å². The third kappa shape index (κ3) is 3.26. The minimum atomic E-state index is -0.485. The standard InChI is InChI=1S/C16H16N4O.4H2O/c1-16(2)10-7-12-13(8-11(10)20-15(16)21)19-14(18-12)9-3-5-17-6-4-9;;;;/h3-8,14,18-19H,1-2H3,(H,20,21);4*1H2. The van der Waals surface area contributed by atoms with Crippen LogP contribution in [0.15, 0.2) is 36.7 Å². The van der Waals surface area contributed by atoms with Crippen molar-refractivity contribution >= 4 is 23.0 Å². The largest absolute Gasteiger partial charge is 0.412 e. The quantitative estimate of drug-likeness (QED) is 0.626. The molecule has 1 amide bonds. The highest BCUT2D eigenvalue weighted by molar-refractivity contribution is 6.07. The summed E-state index contributed by atoms with van der Waals surface area (Å²) in [4.78, 5) is 16.0. The van der Waals surface area contributed by atoms with Gasteiger partial charge in [-0.25, -0.2) is 0 Å². The topological polar surface area (TPSA) is 192 Å². The van der Waals surface area contributed by atoms with Crippen LogP contribution in [0.2, 0.25) is 0 Å². The first kappa shape index (κ1) is 22.3. The van der Waals surface area contributed by atoms with Gasteiger partial charge in [-0.3, -0.25) is 9.78 Å². The van der Waals surface area contributed by atoms with Gasteiger partial charge < -0.3 is 37.9 Å². The fourth-order valence-electron chi connectivity index (χ4n) is 2.93. The Hall–Kier alpha value is -2.72. The first-order chi connectivity index (χ1) is 10.1. The average molecular weight is 352 g/mol. The van der Waals surface area contributed by atoms with Gasteiger partial charge in [0.25, 0.3) is 0 Å². The van der Waals surface area contributed by atoms with Gasteiger partial charge in [-0.1, -0.05) is 0 Å². The fraction of sp³-hybridized carbons (Fsp3) is 0.250. The number of fused-ring (bicyclic) bond motifs is 2. The molecule has 2 aliphatic heterocycles. The van der Waals surface area contributed by atoms with Gasteiger partial charge in [-0.15, -0.1) is 0 Å². The summed E-state index contributed by atoms with van der Waals surface area (Å²) in [5, 5.41) is 9.84. The smallest absolute Gasteiger partial charge is 0.234 e. The highest BCUT2D eigenvalue weighted by Crippen LogP contribution is 2.45. The Kier molecular flexibility index (Phi) is 6.64. The van der Waals surface area contributed by atoms with Crippen LogP contribution < -0.4 is 16.0 Å². The average Bonchev–Trinajstić information content (AvgIpc) is 2.98. The van der Waals surface area contributed by atoms with Crippen molar-refractivity contribution < 1.29 is 26.7 Å². The van der Waals surface area contributed by atoms with Gasteiger partial charge in [0, 0.05) is 18.1 Å². The van der Waals surface area contributed by atoms with Crippen molar-refractivity contribution in [2.24, 2.45) is 0 Å². The van der Waals surface area contributed by atoms with Gasteiger partial charge in [-0.05, 0) is 49.2 Å². The van der Waals surface area contributed by atoms with Crippen molar-refractivity contribution in [2.45, 2.75) is 25.4 Å². The van der Waals surface area contributed by atoms with E-state index >= 15 is 0 Å². The Morgan fingerprint density at radius 3 is 2.08 bits per heavy atom. The molecule has 0 bridgehead atoms. The van der Waals surface area contributed by atoms with Crippen LogP contribution in [0.1, 0.15) is 31.1 Å². The number of aromatic nitrogens is 1. The number of nitrogens with one attached hydrogen (secondary N) is 3. The molecule has 0 aliphatic carbocycles. The number of carbonyl (C=O) groups is 1. The Balaban J connectivity index is 0.00000144. The summed E-state index contributed by atoms with van der Waals surface area (Å²) in [6, 6.07) is 8.04. The number of amides is 1. The number of nitrogens with zero attached hydrogens (tertiary/aromatic N) is 1. The molecule has 2 aliphatic rings. The van der Waals surface area contributed by atoms with Gasteiger partial charge in [-0.2, -0.15) is 0 Å². The molecule has 0 saturated heterocycles. The first-order valence-corrected chi connectivity index (χ1v) is 6.99. The van der Waals surface area contributed by atoms with Gasteiger partial charge in [0.15, 0.2) is 0 Å². The van der Waals surface area contributed by atoms with Crippen LogP contribution in [0.5, 0.6) is 0 Å². The maximum Gasteiger partial charge on any atom is 0.234 e. The molecule has 1 unspecified atom stereocenters. The third-order valence-corrected chi connectivity index (χ3v) is 4.29. The summed E-state index contributed by atoms with van der Waals surface area (Å²) in [6.07, 6.45) is 3.60. The van der Waals surface area contributed by atoms with Crippen molar-refractivity contribution in [3.05, 3.63) is 47.8 Å². The van der Waals surface area contributed by atoms with Crippen LogP contribution in [-0.4, -0.2) is 32.8 Å². The molecule has 0 spiro atoms. The van der Waals surface area contributed by atoms with Crippen LogP contribution in [0.4, 0.5) is 17.1 Å². The maximum atomic E-state index is 12.0. The van der Waals surface area contributed by atoms with E-state index in [1.54, 1.807) is 12.4 Å². The molecule has 11 N–H and O–H groups in total. The predicted octanol–water partition coefficient (Wildman–Crippen LogP) is -0.451. The second-order valence-electron chi connectivity index (χ2n) is 6.02. The number of pyridine rings is 1. The highest BCUT2D eigenvalue weighted by atomic mass is 16.2. The molecule has 25 heavy (non-hydrogen) atoms. The Morgan fingerprint density at radius 1 is 0.920 bits per heavy atom. The van der Waals surface area contributed by atoms with E-state index in [2.05, 4.69) is 27.0 Å². The molecule has 2 aromatic rings. The molecular weight excluding hydrogens is 328 g/mol. The Morgan fingerprint density at radius 2 is 1.48 bits per heavy atom. The molecule has 0 saturated carbocycles. The molecule has 1 atom stereocenters. The molecule has 1 aromatic heterocycles. The van der Waals surface area contributed by atoms with Crippen molar-refractivity contribution in [2.75, 3.05) is 16.0 Å². The summed E-state index contributed by atoms with van der Waals surface area (Å²) in [5.41, 5.74) is 4.61. The molecule has 0 radical (unpaired) electrons. The van der Waals surface area contributed by atoms with Crippen molar-refractivity contribution in [3.63, 3.8) is 0 Å². The van der Waals surface area contributed by atoms with E-state index in [9.17, 15) is 4.79 Å². The second kappa shape index (κ2) is 7.45. The number of rotatable bonds is 1. The lowest BCUT2D eigenvalue weighted by Gasteiger charge is -2.15. The number of carbonyl (C=O) groups excluding carboxylic acids is 1. The van der Waals surface area contributed by atoms with Crippen molar-refractivity contribution in [3.8, 4) is 0 Å². The summed E-state index contributed by atoms with van der Waals surface area (Å²) >= 11 is 0. The zero-order chi connectivity index (χ0) is 14.6. The number of benzene rings is 1. The van der Waals surface area contributed by atoms with Crippen LogP contribution in [0.25, 0.3) is 0 Å². The summed E-state index contributed by atoms with van der Waals surface area (Å²) < 4.78 is 0. The molecule has 9 nitrogen and oxygen atoms in total. The lowest BCUT2D eigenvalue weighted by Crippen LogP contribution is -2.26. The van der Waals surface area contributed by atoms with Gasteiger partial charge >= 0.3 is 0 Å². The maximum absolute atomic E-state index is 12.0. The third-order valence-electron chi connectivity index (χ3n) is 4.29. The van der Waals surface area contributed by atoms with E-state index in [1.807, 2.05) is 32.0 Å². The molecule has 138 valence electrons. The molecule has 1 aromatic carbocycles. The van der Waals surface area contributed by atoms with Crippen molar-refractivity contribution in [1.82, 2.24) is 4.98 Å². The van der Waals surface area contributed by atoms with Crippen LogP contribution in [0, 0.1) is 0 Å². The lowest BCUT2D eigenvalue weighted by molar-refractivity contribution is -0.119. The van der Waals surface area contributed by atoms with Crippen LogP contribution in [-0.2, 0) is 10.2 Å². The SMILES string of the molecule is CC1(C)C(=O)Nc2cc3c(cc21)NC(c1ccncc1)N3.O.O.O.O. The number of hydrogen-bond donors (Lipinski definition) is 3. The predicted molar refractivity (Wildman–Crippen MR) is 96.8 cm³/mol. The zero-order valence-electron chi connectivity index (χ0n) is 13.9. The monoisotopic (exact) mass is 352 g/mol. The first-order valence-electron chi connectivity index (χ1n) is 6.99. The molecule has 4 rings (SSSR count). The summed E-state index contributed by atoms with van der Waals surface area (Å²) in [6.45, 7) is 3.90. The fourth-order valence-corrected chi connectivity index (χ4v) is 2.93. The minimum Gasteiger partial charge on any atom is -0.412 e. The number of anilines is 3. The molecular formula is C16H24N4O5. The summed E-state index contributed by atoms with van der Waals surface area (Å²) in [7, 11) is 0. The normalized spacial score (nSPS) is 17.7. The van der Waals surface area contributed by atoms with E-state index in [0.29, 0.717) is 0 Å². The second-order valence-corrected chi connectivity index (χ2v) is 6.02. The van der Waals surface area contributed by atoms with Gasteiger partial charge in [0.2, 0.25) is 5.91 Å². The van der Waals surface area contributed by atoms with Crippen molar-refractivity contribution in [1.29, 1.82) is 0 Å². The van der Waals surface area contributed by atoms with E-state index in [-0.39, 0.29) is 34.0 Å². The van der Waals surface area contributed by atoms with Crippen LogP contribution >= 0.6 is 0 Å². The van der Waals surface area contributed by atoms with E-state index in [1.165, 1.54) is 0 Å². The Labute approximate surface area is 144 Å².